The van der Waals surface area contributed by atoms with Gasteiger partial charge in [-0.2, -0.15) is 10.4 Å². The number of nitriles is 1. The maximum absolute atomic E-state index is 10.8. The Hall–Kier alpha value is -2.95. The topological polar surface area (TPSA) is 121 Å². The SMILES string of the molecule is N#Cc1cnc(NCc2cn[nH]c2)c([N+](=O)[O-])c1. The Kier molecular flexibility index (Phi) is 3.15. The largest absolute Gasteiger partial charge is 0.360 e. The summed E-state index contributed by atoms with van der Waals surface area (Å²) in [5.41, 5.74) is 0.767. The van der Waals surface area contributed by atoms with E-state index in [0.717, 1.165) is 5.56 Å². The molecule has 0 amide bonds. The summed E-state index contributed by atoms with van der Waals surface area (Å²) in [4.78, 5) is 14.1. The molecule has 8 heteroatoms. The maximum atomic E-state index is 10.8. The minimum Gasteiger partial charge on any atom is -0.360 e. The van der Waals surface area contributed by atoms with Crippen molar-refractivity contribution in [1.82, 2.24) is 15.2 Å². The van der Waals surface area contributed by atoms with E-state index < -0.39 is 4.92 Å². The number of nitro groups is 1. The summed E-state index contributed by atoms with van der Waals surface area (Å²) in [6.07, 6.45) is 4.55. The molecule has 0 unspecified atom stereocenters. The predicted molar refractivity (Wildman–Crippen MR) is 61.5 cm³/mol. The highest BCUT2D eigenvalue weighted by molar-refractivity contribution is 5.58. The van der Waals surface area contributed by atoms with Gasteiger partial charge in [0.15, 0.2) is 0 Å². The van der Waals surface area contributed by atoms with Gasteiger partial charge < -0.3 is 5.32 Å². The van der Waals surface area contributed by atoms with Crippen LogP contribution in [0.15, 0.2) is 24.7 Å². The molecule has 2 rings (SSSR count). The van der Waals surface area contributed by atoms with Gasteiger partial charge in [0.05, 0.1) is 16.7 Å². The van der Waals surface area contributed by atoms with E-state index in [4.69, 9.17) is 5.26 Å². The monoisotopic (exact) mass is 244 g/mol. The summed E-state index contributed by atoms with van der Waals surface area (Å²) in [5.74, 6) is 0.125. The minimum atomic E-state index is -0.578. The van der Waals surface area contributed by atoms with Gasteiger partial charge in [-0.1, -0.05) is 0 Å². The molecule has 2 heterocycles. The van der Waals surface area contributed by atoms with Crippen molar-refractivity contribution in [3.8, 4) is 6.07 Å². The van der Waals surface area contributed by atoms with Crippen LogP contribution in [0.4, 0.5) is 11.5 Å². The van der Waals surface area contributed by atoms with Crippen molar-refractivity contribution in [3.05, 3.63) is 45.9 Å². The zero-order valence-electron chi connectivity index (χ0n) is 9.12. The number of pyridine rings is 1. The highest BCUT2D eigenvalue weighted by Gasteiger charge is 2.16. The summed E-state index contributed by atoms with van der Waals surface area (Å²) < 4.78 is 0. The molecular weight excluding hydrogens is 236 g/mol. The van der Waals surface area contributed by atoms with Gasteiger partial charge in [0.2, 0.25) is 5.82 Å². The number of hydrogen-bond acceptors (Lipinski definition) is 6. The first-order chi connectivity index (χ1) is 8.70. The smallest absolute Gasteiger partial charge is 0.312 e. The Morgan fingerprint density at radius 3 is 3.00 bits per heavy atom. The molecule has 18 heavy (non-hydrogen) atoms. The van der Waals surface area contributed by atoms with Crippen molar-refractivity contribution in [2.45, 2.75) is 6.54 Å². The Bertz CT molecular complexity index is 601. The van der Waals surface area contributed by atoms with Crippen LogP contribution in [-0.4, -0.2) is 20.1 Å². The molecule has 0 aliphatic rings. The molecule has 0 aromatic carbocycles. The molecule has 0 radical (unpaired) electrons. The van der Waals surface area contributed by atoms with E-state index in [1.54, 1.807) is 12.4 Å². The molecule has 2 N–H and O–H groups in total. The van der Waals surface area contributed by atoms with Crippen LogP contribution in [0.25, 0.3) is 0 Å². The fourth-order valence-corrected chi connectivity index (χ4v) is 1.35. The number of hydrogen-bond donors (Lipinski definition) is 2. The first kappa shape index (κ1) is 11.5. The van der Waals surface area contributed by atoms with Crippen LogP contribution in [0.3, 0.4) is 0 Å². The number of aromatic nitrogens is 3. The quantitative estimate of drug-likeness (QED) is 0.615. The van der Waals surface area contributed by atoms with Crippen LogP contribution in [0.5, 0.6) is 0 Å². The third kappa shape index (κ3) is 2.41. The summed E-state index contributed by atoms with van der Waals surface area (Å²) in [6.45, 7) is 0.357. The highest BCUT2D eigenvalue weighted by atomic mass is 16.6. The van der Waals surface area contributed by atoms with Gasteiger partial charge in [-0.05, 0) is 0 Å². The van der Waals surface area contributed by atoms with Crippen molar-refractivity contribution in [2.24, 2.45) is 0 Å². The lowest BCUT2D eigenvalue weighted by Gasteiger charge is -2.04. The average Bonchev–Trinajstić information content (AvgIpc) is 2.89. The van der Waals surface area contributed by atoms with Crippen molar-refractivity contribution >= 4 is 11.5 Å². The molecule has 2 aromatic heterocycles. The number of rotatable bonds is 4. The molecule has 0 aliphatic carbocycles. The third-order valence-corrected chi connectivity index (χ3v) is 2.21. The number of anilines is 1. The fraction of sp³-hybridized carbons (Fsp3) is 0.100. The maximum Gasteiger partial charge on any atom is 0.312 e. The van der Waals surface area contributed by atoms with Crippen LogP contribution in [0.1, 0.15) is 11.1 Å². The van der Waals surface area contributed by atoms with Gasteiger partial charge in [0.1, 0.15) is 6.07 Å². The Balaban J connectivity index is 2.22. The van der Waals surface area contributed by atoms with Gasteiger partial charge in [0, 0.05) is 30.6 Å². The van der Waals surface area contributed by atoms with E-state index >= 15 is 0 Å². The lowest BCUT2D eigenvalue weighted by Crippen LogP contribution is -2.04. The summed E-state index contributed by atoms with van der Waals surface area (Å²) >= 11 is 0. The standard InChI is InChI=1S/C10H8N6O2/c11-2-7-1-9(16(17)18)10(12-3-7)13-4-8-5-14-15-6-8/h1,3,5-6H,4H2,(H,12,13)(H,14,15). The second-order valence-corrected chi connectivity index (χ2v) is 3.42. The molecule has 0 saturated carbocycles. The lowest BCUT2D eigenvalue weighted by atomic mass is 10.2. The zero-order valence-corrected chi connectivity index (χ0v) is 9.12. The number of nitrogens with zero attached hydrogens (tertiary/aromatic N) is 4. The summed E-state index contributed by atoms with van der Waals surface area (Å²) in [7, 11) is 0. The molecule has 90 valence electrons. The Morgan fingerprint density at radius 2 is 2.39 bits per heavy atom. The third-order valence-electron chi connectivity index (χ3n) is 2.21. The van der Waals surface area contributed by atoms with E-state index in [1.807, 2.05) is 6.07 Å². The fourth-order valence-electron chi connectivity index (χ4n) is 1.35. The molecule has 0 bridgehead atoms. The van der Waals surface area contributed by atoms with Crippen molar-refractivity contribution in [3.63, 3.8) is 0 Å². The highest BCUT2D eigenvalue weighted by Crippen LogP contribution is 2.22. The molecule has 0 aliphatic heterocycles. The molecule has 2 aromatic rings. The van der Waals surface area contributed by atoms with E-state index in [1.165, 1.54) is 12.3 Å². The van der Waals surface area contributed by atoms with Gasteiger partial charge >= 0.3 is 5.69 Å². The van der Waals surface area contributed by atoms with Gasteiger partial charge in [-0.15, -0.1) is 0 Å². The normalized spacial score (nSPS) is 9.72. The molecular formula is C10H8N6O2. The first-order valence-electron chi connectivity index (χ1n) is 4.97. The number of nitrogens with one attached hydrogen (secondary N) is 2. The van der Waals surface area contributed by atoms with Crippen LogP contribution in [0, 0.1) is 21.4 Å². The summed E-state index contributed by atoms with van der Waals surface area (Å²) in [5, 5.41) is 28.7. The van der Waals surface area contributed by atoms with Crippen LogP contribution in [-0.2, 0) is 6.54 Å². The Morgan fingerprint density at radius 1 is 1.56 bits per heavy atom. The Labute approximate surface area is 101 Å². The predicted octanol–water partition coefficient (Wildman–Crippen LogP) is 1.20. The summed E-state index contributed by atoms with van der Waals surface area (Å²) in [6, 6.07) is 2.99. The number of H-pyrrole nitrogens is 1. The van der Waals surface area contributed by atoms with E-state index in [2.05, 4.69) is 20.5 Å². The lowest BCUT2D eigenvalue weighted by molar-refractivity contribution is -0.384. The van der Waals surface area contributed by atoms with Crippen molar-refractivity contribution in [1.29, 1.82) is 5.26 Å². The van der Waals surface area contributed by atoms with E-state index in [-0.39, 0.29) is 17.1 Å². The molecule has 0 saturated heterocycles. The van der Waals surface area contributed by atoms with Gasteiger partial charge in [0.25, 0.3) is 0 Å². The molecule has 0 fully saturated rings. The van der Waals surface area contributed by atoms with E-state index in [0.29, 0.717) is 6.54 Å². The molecule has 0 spiro atoms. The van der Waals surface area contributed by atoms with Crippen LogP contribution >= 0.6 is 0 Å². The second kappa shape index (κ2) is 4.92. The van der Waals surface area contributed by atoms with Crippen molar-refractivity contribution < 1.29 is 4.92 Å². The zero-order chi connectivity index (χ0) is 13.0. The van der Waals surface area contributed by atoms with Gasteiger partial charge in [-0.3, -0.25) is 15.2 Å². The van der Waals surface area contributed by atoms with Crippen LogP contribution < -0.4 is 5.32 Å². The minimum absolute atomic E-state index is 0.125. The average molecular weight is 244 g/mol. The molecule has 0 atom stereocenters. The van der Waals surface area contributed by atoms with Gasteiger partial charge in [-0.25, -0.2) is 4.98 Å². The van der Waals surface area contributed by atoms with E-state index in [9.17, 15) is 10.1 Å². The number of aromatic amines is 1. The van der Waals surface area contributed by atoms with Crippen molar-refractivity contribution in [2.75, 3.05) is 5.32 Å². The molecule has 8 nitrogen and oxygen atoms in total. The first-order valence-corrected chi connectivity index (χ1v) is 4.97. The van der Waals surface area contributed by atoms with Crippen LogP contribution in [0.2, 0.25) is 0 Å². The second-order valence-electron chi connectivity index (χ2n) is 3.42.